The average Bonchev–Trinajstić information content (AvgIpc) is 2.67. The maximum Gasteiger partial charge on any atom is 0.115 e. The summed E-state index contributed by atoms with van der Waals surface area (Å²) in [6.45, 7) is 4.36. The van der Waals surface area contributed by atoms with Crippen molar-refractivity contribution < 1.29 is 5.11 Å². The molecule has 0 radical (unpaired) electrons. The lowest BCUT2D eigenvalue weighted by molar-refractivity contribution is 0.475. The highest BCUT2D eigenvalue weighted by Gasteiger charge is 1.89. The van der Waals surface area contributed by atoms with Gasteiger partial charge in [-0.15, -0.1) is 0 Å². The zero-order chi connectivity index (χ0) is 20.3. The van der Waals surface area contributed by atoms with E-state index in [1.54, 1.807) is 12.1 Å². The van der Waals surface area contributed by atoms with E-state index in [0.29, 0.717) is 5.75 Å². The van der Waals surface area contributed by atoms with E-state index in [1.165, 1.54) is 65.8 Å². The molecule has 0 atom stereocenters. The van der Waals surface area contributed by atoms with E-state index in [4.69, 9.17) is 5.11 Å². The van der Waals surface area contributed by atoms with Crippen LogP contribution in [0.1, 0.15) is 63.9 Å². The Hall–Kier alpha value is 0.180. The van der Waals surface area contributed by atoms with Crippen LogP contribution in [0, 0.1) is 14.1 Å². The van der Waals surface area contributed by atoms with Crippen molar-refractivity contribution in [3.63, 3.8) is 0 Å². The molecule has 0 saturated carbocycles. The Morgan fingerprint density at radius 1 is 0.704 bits per heavy atom. The van der Waals surface area contributed by atoms with E-state index < -0.39 is 0 Å². The number of alkyl halides is 1. The van der Waals surface area contributed by atoms with Crippen molar-refractivity contribution in [2.45, 2.75) is 65.2 Å². The molecule has 0 aliphatic carbocycles. The van der Waals surface area contributed by atoms with E-state index in [-0.39, 0.29) is 0 Å². The molecule has 0 heterocycles. The summed E-state index contributed by atoms with van der Waals surface area (Å²) in [5, 5.41) is 9.94. The minimum atomic E-state index is 0.324. The molecular weight excluding hydrogens is 626 g/mol. The van der Waals surface area contributed by atoms with Gasteiger partial charge in [0.25, 0.3) is 0 Å². The van der Waals surface area contributed by atoms with E-state index in [1.807, 2.05) is 12.1 Å². The van der Waals surface area contributed by atoms with Crippen LogP contribution in [0.25, 0.3) is 0 Å². The van der Waals surface area contributed by atoms with Crippen molar-refractivity contribution in [2.24, 2.45) is 0 Å². The molecule has 152 valence electrons. The number of phenolic OH excluding ortho intramolecular Hbond substituents is 1. The second-order valence-electron chi connectivity index (χ2n) is 6.44. The van der Waals surface area contributed by atoms with E-state index in [0.717, 1.165) is 3.57 Å². The van der Waals surface area contributed by atoms with Crippen LogP contribution >= 0.6 is 61.1 Å². The summed E-state index contributed by atoms with van der Waals surface area (Å²) in [5.74, 6) is 0.324. The Kier molecular flexibility index (Phi) is 19.6. The van der Waals surface area contributed by atoms with E-state index >= 15 is 0 Å². The van der Waals surface area contributed by atoms with Gasteiger partial charge in [-0.3, -0.25) is 0 Å². The molecule has 2 aromatic rings. The van der Waals surface area contributed by atoms with Gasteiger partial charge in [-0.05, 0) is 94.9 Å². The predicted octanol–water partition coefficient (Wildman–Crippen LogP) is 9.12. The van der Waals surface area contributed by atoms with Crippen LogP contribution < -0.4 is 0 Å². The molecule has 0 saturated heterocycles. The molecule has 2 aromatic carbocycles. The molecule has 0 aromatic heterocycles. The third kappa shape index (κ3) is 19.3. The highest BCUT2D eigenvalue weighted by atomic mass is 127. The lowest BCUT2D eigenvalue weighted by Crippen LogP contribution is -1.80. The van der Waals surface area contributed by atoms with Gasteiger partial charge in [-0.25, -0.2) is 0 Å². The first-order chi connectivity index (χ1) is 13.0. The number of rotatable bonds is 8. The van der Waals surface area contributed by atoms with Crippen molar-refractivity contribution >= 4 is 61.1 Å². The summed E-state index contributed by atoms with van der Waals surface area (Å²) in [4.78, 5) is 0. The first-order valence-corrected chi connectivity index (χ1v) is 13.0. The molecule has 1 N–H and O–H groups in total. The Morgan fingerprint density at radius 3 is 1.48 bits per heavy atom. The number of hydrogen-bond donors (Lipinski definition) is 1. The molecule has 0 aliphatic heterocycles. The highest BCUT2D eigenvalue weighted by Crippen LogP contribution is 2.10. The smallest absolute Gasteiger partial charge is 0.115 e. The molecule has 0 amide bonds. The summed E-state index contributed by atoms with van der Waals surface area (Å²) < 4.78 is 2.44. The van der Waals surface area contributed by atoms with Crippen LogP contribution in [0.3, 0.4) is 0 Å². The quantitative estimate of drug-likeness (QED) is 0.170. The highest BCUT2D eigenvalue weighted by molar-refractivity contribution is 14.1. The number of aromatic hydroxyl groups is 1. The summed E-state index contributed by atoms with van der Waals surface area (Å²) in [6, 6.07) is 15.5. The molecular formula is C23H33BrI2O. The predicted molar refractivity (Wildman–Crippen MR) is 141 cm³/mol. The first kappa shape index (κ1) is 27.2. The topological polar surface area (TPSA) is 20.2 Å². The minimum Gasteiger partial charge on any atom is -0.508 e. The fourth-order valence-electron chi connectivity index (χ4n) is 2.20. The lowest BCUT2D eigenvalue weighted by atomic mass is 10.1. The number of hydrogen-bond acceptors (Lipinski definition) is 1. The van der Waals surface area contributed by atoms with Crippen LogP contribution in [-0.2, 0) is 0 Å². The summed E-state index contributed by atoms with van der Waals surface area (Å²) >= 11 is 7.93. The minimum absolute atomic E-state index is 0.324. The molecule has 27 heavy (non-hydrogen) atoms. The van der Waals surface area contributed by atoms with Gasteiger partial charge < -0.3 is 5.11 Å². The van der Waals surface area contributed by atoms with Crippen LogP contribution in [0.5, 0.6) is 5.75 Å². The number of phenols is 1. The Labute approximate surface area is 202 Å². The van der Waals surface area contributed by atoms with E-state index in [9.17, 15) is 0 Å². The molecule has 0 bridgehead atoms. The van der Waals surface area contributed by atoms with Crippen LogP contribution in [0.2, 0.25) is 0 Å². The van der Waals surface area contributed by atoms with Crippen LogP contribution in [-0.4, -0.2) is 10.4 Å². The maximum absolute atomic E-state index is 8.75. The van der Waals surface area contributed by atoms with Crippen LogP contribution in [0.4, 0.5) is 0 Å². The lowest BCUT2D eigenvalue weighted by Gasteiger charge is -1.98. The monoisotopic (exact) mass is 658 g/mol. The van der Waals surface area contributed by atoms with Gasteiger partial charge >= 0.3 is 0 Å². The average molecular weight is 659 g/mol. The van der Waals surface area contributed by atoms with Gasteiger partial charge in [0, 0.05) is 12.5 Å². The van der Waals surface area contributed by atoms with Crippen molar-refractivity contribution in [1.29, 1.82) is 0 Å². The van der Waals surface area contributed by atoms with Crippen molar-refractivity contribution in [1.82, 2.24) is 0 Å². The van der Waals surface area contributed by atoms with Gasteiger partial charge in [-0.2, -0.15) is 0 Å². The zero-order valence-electron chi connectivity index (χ0n) is 16.6. The van der Waals surface area contributed by atoms with Crippen molar-refractivity contribution in [2.75, 3.05) is 5.33 Å². The Bertz CT molecular complexity index is 462. The molecule has 2 rings (SSSR count). The molecule has 0 unspecified atom stereocenters. The third-order valence-corrected chi connectivity index (χ3v) is 5.82. The fourth-order valence-corrected chi connectivity index (χ4v) is 3.32. The van der Waals surface area contributed by atoms with Crippen molar-refractivity contribution in [3.8, 4) is 5.75 Å². The van der Waals surface area contributed by atoms with Gasteiger partial charge in [0.15, 0.2) is 0 Å². The number of halogens is 3. The largest absolute Gasteiger partial charge is 0.508 e. The first-order valence-electron chi connectivity index (χ1n) is 9.72. The molecule has 0 aliphatic rings. The summed E-state index contributed by atoms with van der Waals surface area (Å²) in [6.07, 6.45) is 11.4. The molecule has 4 heteroatoms. The second kappa shape index (κ2) is 19.5. The van der Waals surface area contributed by atoms with Gasteiger partial charge in [-0.1, -0.05) is 85.5 Å². The fraction of sp³-hybridized carbons (Fsp3) is 0.478. The molecule has 0 fully saturated rings. The third-order valence-electron chi connectivity index (χ3n) is 3.82. The van der Waals surface area contributed by atoms with E-state index in [2.05, 4.69) is 99.2 Å². The van der Waals surface area contributed by atoms with Gasteiger partial charge in [0.2, 0.25) is 0 Å². The number of benzene rings is 2. The normalized spacial score (nSPS) is 9.67. The van der Waals surface area contributed by atoms with Crippen LogP contribution in [0.15, 0.2) is 48.5 Å². The summed E-state index contributed by atoms with van der Waals surface area (Å²) in [7, 11) is 0. The van der Waals surface area contributed by atoms with Gasteiger partial charge in [0.05, 0.1) is 0 Å². The molecule has 0 spiro atoms. The SMILES string of the molecule is CCCCCCCCCCBr.Cc1ccc(I)cc1.Oc1ccc(I)cc1. The summed E-state index contributed by atoms with van der Waals surface area (Å²) in [5.41, 5.74) is 1.32. The Balaban J connectivity index is 0.000000381. The molecule has 1 nitrogen and oxygen atoms in total. The standard InChI is InChI=1S/C10H21Br.C7H7I.C6H5IO/c1-2-3-4-5-6-7-8-9-10-11;1-6-2-4-7(8)5-3-6;7-5-1-3-6(8)4-2-5/h2-10H2,1H3;2-5H,1H3;1-4,8H. The van der Waals surface area contributed by atoms with Crippen molar-refractivity contribution in [3.05, 3.63) is 61.2 Å². The Morgan fingerprint density at radius 2 is 1.11 bits per heavy atom. The zero-order valence-corrected chi connectivity index (χ0v) is 22.5. The second-order valence-corrected chi connectivity index (χ2v) is 9.72. The number of unbranched alkanes of at least 4 members (excludes halogenated alkanes) is 7. The van der Waals surface area contributed by atoms with Gasteiger partial charge in [0.1, 0.15) is 5.75 Å². The number of aryl methyl sites for hydroxylation is 1. The maximum atomic E-state index is 8.75.